The molecular weight excluding hydrogens is 224 g/mol. The van der Waals surface area contributed by atoms with E-state index in [2.05, 4.69) is 15.0 Å². The molecule has 0 fully saturated rings. The highest BCUT2D eigenvalue weighted by molar-refractivity contribution is 5.54. The summed E-state index contributed by atoms with van der Waals surface area (Å²) in [6.07, 6.45) is 2.52. The van der Waals surface area contributed by atoms with E-state index < -0.39 is 0 Å². The Bertz CT molecular complexity index is 549. The Balaban J connectivity index is 2.45. The van der Waals surface area contributed by atoms with E-state index in [4.69, 9.17) is 5.73 Å². The van der Waals surface area contributed by atoms with Crippen molar-refractivity contribution in [3.05, 3.63) is 41.3 Å². The molecule has 2 rings (SSSR count). The normalized spacial score (nSPS) is 12.4. The van der Waals surface area contributed by atoms with Gasteiger partial charge in [0.25, 0.3) is 0 Å². The molecule has 4 heteroatoms. The number of aryl methyl sites for hydroxylation is 2. The van der Waals surface area contributed by atoms with Crippen molar-refractivity contribution >= 4 is 0 Å². The first-order valence-corrected chi connectivity index (χ1v) is 6.08. The van der Waals surface area contributed by atoms with Crippen molar-refractivity contribution in [2.75, 3.05) is 0 Å². The maximum absolute atomic E-state index is 5.82. The fourth-order valence-electron chi connectivity index (χ4n) is 1.89. The van der Waals surface area contributed by atoms with Gasteiger partial charge in [0.05, 0.1) is 0 Å². The van der Waals surface area contributed by atoms with Crippen molar-refractivity contribution in [1.82, 2.24) is 15.0 Å². The van der Waals surface area contributed by atoms with Crippen LogP contribution in [0.15, 0.2) is 24.4 Å². The van der Waals surface area contributed by atoms with Gasteiger partial charge in [-0.25, -0.2) is 9.97 Å². The zero-order chi connectivity index (χ0) is 13.1. The highest BCUT2D eigenvalue weighted by atomic mass is 14.9. The van der Waals surface area contributed by atoms with E-state index in [0.29, 0.717) is 5.82 Å². The zero-order valence-corrected chi connectivity index (χ0v) is 11.0. The monoisotopic (exact) mass is 242 g/mol. The SMILES string of the molecule is Cc1cc(CC(C)N)nc(-c2ncccc2C)n1. The third-order valence-electron chi connectivity index (χ3n) is 2.66. The Morgan fingerprint density at radius 1 is 1.28 bits per heavy atom. The lowest BCUT2D eigenvalue weighted by Crippen LogP contribution is -2.19. The second-order valence-corrected chi connectivity index (χ2v) is 4.67. The fraction of sp³-hybridized carbons (Fsp3) is 0.357. The third-order valence-corrected chi connectivity index (χ3v) is 2.66. The average molecular weight is 242 g/mol. The van der Waals surface area contributed by atoms with E-state index in [9.17, 15) is 0 Å². The largest absolute Gasteiger partial charge is 0.328 e. The first kappa shape index (κ1) is 12.6. The highest BCUT2D eigenvalue weighted by Gasteiger charge is 2.09. The quantitative estimate of drug-likeness (QED) is 0.894. The maximum Gasteiger partial charge on any atom is 0.178 e. The summed E-state index contributed by atoms with van der Waals surface area (Å²) in [6.45, 7) is 5.95. The molecule has 2 heterocycles. The van der Waals surface area contributed by atoms with Gasteiger partial charge in [0.1, 0.15) is 5.69 Å². The molecule has 0 radical (unpaired) electrons. The zero-order valence-electron chi connectivity index (χ0n) is 11.0. The van der Waals surface area contributed by atoms with E-state index in [1.165, 1.54) is 0 Å². The molecule has 0 saturated heterocycles. The standard InChI is InChI=1S/C14H18N4/c1-9-5-4-6-16-13(9)14-17-11(3)8-12(18-14)7-10(2)15/h4-6,8,10H,7,15H2,1-3H3. The summed E-state index contributed by atoms with van der Waals surface area (Å²) in [4.78, 5) is 13.4. The van der Waals surface area contributed by atoms with Crippen LogP contribution in [0.3, 0.4) is 0 Å². The van der Waals surface area contributed by atoms with Crippen LogP contribution in [0.25, 0.3) is 11.5 Å². The van der Waals surface area contributed by atoms with Gasteiger partial charge in [-0.1, -0.05) is 6.07 Å². The number of hydrogen-bond acceptors (Lipinski definition) is 4. The fourth-order valence-corrected chi connectivity index (χ4v) is 1.89. The molecule has 0 amide bonds. The lowest BCUT2D eigenvalue weighted by Gasteiger charge is -2.09. The van der Waals surface area contributed by atoms with E-state index >= 15 is 0 Å². The molecule has 0 bridgehead atoms. The van der Waals surface area contributed by atoms with Gasteiger partial charge >= 0.3 is 0 Å². The van der Waals surface area contributed by atoms with Gasteiger partial charge in [0, 0.05) is 30.0 Å². The summed E-state index contributed by atoms with van der Waals surface area (Å²) in [5.41, 5.74) is 9.65. The molecule has 4 nitrogen and oxygen atoms in total. The topological polar surface area (TPSA) is 64.7 Å². The number of hydrogen-bond donors (Lipinski definition) is 1. The van der Waals surface area contributed by atoms with E-state index in [1.54, 1.807) is 6.20 Å². The molecule has 94 valence electrons. The number of aromatic nitrogens is 3. The average Bonchev–Trinajstić information content (AvgIpc) is 2.27. The van der Waals surface area contributed by atoms with Crippen molar-refractivity contribution < 1.29 is 0 Å². The van der Waals surface area contributed by atoms with Crippen LogP contribution in [0, 0.1) is 13.8 Å². The van der Waals surface area contributed by atoms with Gasteiger partial charge in [-0.15, -0.1) is 0 Å². The summed E-state index contributed by atoms with van der Waals surface area (Å²) in [5.74, 6) is 0.684. The van der Waals surface area contributed by atoms with Crippen molar-refractivity contribution in [3.8, 4) is 11.5 Å². The molecule has 0 spiro atoms. The van der Waals surface area contributed by atoms with Crippen LogP contribution >= 0.6 is 0 Å². The number of rotatable bonds is 3. The van der Waals surface area contributed by atoms with E-state index in [1.807, 2.05) is 39.0 Å². The second-order valence-electron chi connectivity index (χ2n) is 4.67. The van der Waals surface area contributed by atoms with Gasteiger partial charge in [-0.3, -0.25) is 4.98 Å². The minimum absolute atomic E-state index is 0.0944. The Labute approximate surface area is 107 Å². The minimum Gasteiger partial charge on any atom is -0.328 e. The Kier molecular flexibility index (Phi) is 3.67. The number of nitrogens with zero attached hydrogens (tertiary/aromatic N) is 3. The summed E-state index contributed by atoms with van der Waals surface area (Å²) in [5, 5.41) is 0. The summed E-state index contributed by atoms with van der Waals surface area (Å²) in [6, 6.07) is 6.00. The smallest absolute Gasteiger partial charge is 0.178 e. The molecule has 2 aromatic heterocycles. The van der Waals surface area contributed by atoms with Crippen molar-refractivity contribution in [2.45, 2.75) is 33.2 Å². The molecule has 0 aliphatic rings. The predicted octanol–water partition coefficient (Wildman–Crippen LogP) is 2.05. The van der Waals surface area contributed by atoms with Gasteiger partial charge in [0.15, 0.2) is 5.82 Å². The maximum atomic E-state index is 5.82. The van der Waals surface area contributed by atoms with Crippen LogP contribution in [0.2, 0.25) is 0 Å². The van der Waals surface area contributed by atoms with Gasteiger partial charge < -0.3 is 5.73 Å². The van der Waals surface area contributed by atoms with Gasteiger partial charge in [-0.05, 0) is 38.5 Å². The predicted molar refractivity (Wildman–Crippen MR) is 72.1 cm³/mol. The Morgan fingerprint density at radius 2 is 2.06 bits per heavy atom. The van der Waals surface area contributed by atoms with Crippen LogP contribution in [-0.4, -0.2) is 21.0 Å². The Hall–Kier alpha value is -1.81. The van der Waals surface area contributed by atoms with Crippen molar-refractivity contribution in [3.63, 3.8) is 0 Å². The van der Waals surface area contributed by atoms with Crippen LogP contribution in [0.4, 0.5) is 0 Å². The lowest BCUT2D eigenvalue weighted by atomic mass is 10.1. The molecule has 0 aliphatic carbocycles. The van der Waals surface area contributed by atoms with Crippen molar-refractivity contribution in [1.29, 1.82) is 0 Å². The van der Waals surface area contributed by atoms with Crippen LogP contribution < -0.4 is 5.73 Å². The second kappa shape index (κ2) is 5.23. The summed E-state index contributed by atoms with van der Waals surface area (Å²) >= 11 is 0. The molecule has 1 atom stereocenters. The van der Waals surface area contributed by atoms with Gasteiger partial charge in [-0.2, -0.15) is 0 Å². The highest BCUT2D eigenvalue weighted by Crippen LogP contribution is 2.17. The third kappa shape index (κ3) is 2.90. The molecule has 1 unspecified atom stereocenters. The molecular formula is C14H18N4. The molecule has 0 aliphatic heterocycles. The van der Waals surface area contributed by atoms with Crippen LogP contribution in [0.5, 0.6) is 0 Å². The molecule has 18 heavy (non-hydrogen) atoms. The van der Waals surface area contributed by atoms with Crippen molar-refractivity contribution in [2.24, 2.45) is 5.73 Å². The lowest BCUT2D eigenvalue weighted by molar-refractivity contribution is 0.719. The molecule has 2 aromatic rings. The number of pyridine rings is 1. The summed E-state index contributed by atoms with van der Waals surface area (Å²) < 4.78 is 0. The van der Waals surface area contributed by atoms with E-state index in [-0.39, 0.29) is 6.04 Å². The molecule has 2 N–H and O–H groups in total. The summed E-state index contributed by atoms with van der Waals surface area (Å²) in [7, 11) is 0. The van der Waals surface area contributed by atoms with Crippen LogP contribution in [0.1, 0.15) is 23.9 Å². The van der Waals surface area contributed by atoms with E-state index in [0.717, 1.165) is 29.1 Å². The first-order chi connectivity index (χ1) is 8.56. The minimum atomic E-state index is 0.0944. The molecule has 0 saturated carbocycles. The number of nitrogens with two attached hydrogens (primary N) is 1. The Morgan fingerprint density at radius 3 is 2.72 bits per heavy atom. The molecule has 0 aromatic carbocycles. The first-order valence-electron chi connectivity index (χ1n) is 6.08. The van der Waals surface area contributed by atoms with Gasteiger partial charge in [0.2, 0.25) is 0 Å². The van der Waals surface area contributed by atoms with Crippen LogP contribution in [-0.2, 0) is 6.42 Å².